The summed E-state index contributed by atoms with van der Waals surface area (Å²) in [5.74, 6) is -0.251. The van der Waals surface area contributed by atoms with Crippen LogP contribution in [0.1, 0.15) is 37.5 Å². The van der Waals surface area contributed by atoms with Crippen molar-refractivity contribution in [1.29, 1.82) is 0 Å². The Morgan fingerprint density at radius 2 is 1.89 bits per heavy atom. The lowest BCUT2D eigenvalue weighted by molar-refractivity contribution is -0.145. The Morgan fingerprint density at radius 1 is 1.22 bits per heavy atom. The SMILES string of the molecule is CCOC(=O)C(C)(C)Sc1nc2cccnc2n1-c1c(C)cc(C)cc1C. The van der Waals surface area contributed by atoms with Crippen molar-refractivity contribution in [1.82, 2.24) is 14.5 Å². The van der Waals surface area contributed by atoms with E-state index in [1.165, 1.54) is 17.3 Å². The summed E-state index contributed by atoms with van der Waals surface area (Å²) >= 11 is 1.40. The maximum atomic E-state index is 12.4. The fraction of sp³-hybridized carbons (Fsp3) is 0.381. The van der Waals surface area contributed by atoms with Crippen molar-refractivity contribution in [3.05, 3.63) is 47.2 Å². The highest BCUT2D eigenvalue weighted by Gasteiger charge is 2.33. The van der Waals surface area contributed by atoms with E-state index in [2.05, 4.69) is 42.5 Å². The van der Waals surface area contributed by atoms with E-state index in [1.54, 1.807) is 6.20 Å². The van der Waals surface area contributed by atoms with Crippen LogP contribution in [0.2, 0.25) is 0 Å². The number of nitrogens with zero attached hydrogens (tertiary/aromatic N) is 3. The van der Waals surface area contributed by atoms with Crippen molar-refractivity contribution < 1.29 is 9.53 Å². The van der Waals surface area contributed by atoms with E-state index < -0.39 is 4.75 Å². The third-order valence-electron chi connectivity index (χ3n) is 4.36. The molecule has 0 amide bonds. The zero-order valence-corrected chi connectivity index (χ0v) is 17.5. The maximum absolute atomic E-state index is 12.4. The normalized spacial score (nSPS) is 11.8. The minimum absolute atomic E-state index is 0.251. The van der Waals surface area contributed by atoms with Crippen LogP contribution >= 0.6 is 11.8 Å². The van der Waals surface area contributed by atoms with E-state index in [9.17, 15) is 4.79 Å². The molecule has 2 heterocycles. The summed E-state index contributed by atoms with van der Waals surface area (Å²) in [4.78, 5) is 21.8. The average Bonchev–Trinajstić information content (AvgIpc) is 2.91. The Hall–Kier alpha value is -2.34. The highest BCUT2D eigenvalue weighted by molar-refractivity contribution is 8.01. The quantitative estimate of drug-likeness (QED) is 0.469. The van der Waals surface area contributed by atoms with Gasteiger partial charge in [0.05, 0.1) is 12.3 Å². The lowest BCUT2D eigenvalue weighted by Crippen LogP contribution is -2.30. The largest absolute Gasteiger partial charge is 0.465 e. The lowest BCUT2D eigenvalue weighted by Gasteiger charge is -2.22. The van der Waals surface area contributed by atoms with E-state index in [0.717, 1.165) is 33.1 Å². The summed E-state index contributed by atoms with van der Waals surface area (Å²) < 4.78 is 6.55. The molecule has 1 aromatic carbocycles. The Bertz CT molecular complexity index is 985. The minimum atomic E-state index is -0.762. The highest BCUT2D eigenvalue weighted by Crippen LogP contribution is 2.37. The second-order valence-corrected chi connectivity index (χ2v) is 8.75. The molecule has 0 spiro atoms. The zero-order valence-electron chi connectivity index (χ0n) is 16.7. The maximum Gasteiger partial charge on any atom is 0.322 e. The van der Waals surface area contributed by atoms with Gasteiger partial charge in [-0.15, -0.1) is 0 Å². The summed E-state index contributed by atoms with van der Waals surface area (Å²) in [6.45, 7) is 12.2. The monoisotopic (exact) mass is 383 g/mol. The number of esters is 1. The number of fused-ring (bicyclic) bond motifs is 1. The molecular formula is C21H25N3O2S. The number of hydrogen-bond acceptors (Lipinski definition) is 5. The molecule has 3 aromatic rings. The van der Waals surface area contributed by atoms with E-state index in [4.69, 9.17) is 9.72 Å². The molecule has 6 heteroatoms. The number of aryl methyl sites for hydroxylation is 3. The van der Waals surface area contributed by atoms with Crippen LogP contribution in [-0.4, -0.2) is 31.9 Å². The molecule has 0 bridgehead atoms. The first-order valence-corrected chi connectivity index (χ1v) is 9.84. The van der Waals surface area contributed by atoms with Gasteiger partial charge < -0.3 is 4.74 Å². The minimum Gasteiger partial charge on any atom is -0.465 e. The van der Waals surface area contributed by atoms with Crippen molar-refractivity contribution in [2.75, 3.05) is 6.61 Å². The van der Waals surface area contributed by atoms with Crippen molar-refractivity contribution in [3.63, 3.8) is 0 Å². The summed E-state index contributed by atoms with van der Waals surface area (Å²) in [7, 11) is 0. The van der Waals surface area contributed by atoms with Crippen molar-refractivity contribution >= 4 is 28.9 Å². The lowest BCUT2D eigenvalue weighted by atomic mass is 10.1. The predicted octanol–water partition coefficient (Wildman–Crippen LogP) is 4.78. The van der Waals surface area contributed by atoms with Crippen molar-refractivity contribution in [2.24, 2.45) is 0 Å². The molecule has 0 N–H and O–H groups in total. The molecule has 27 heavy (non-hydrogen) atoms. The van der Waals surface area contributed by atoms with Crippen LogP contribution in [0.5, 0.6) is 0 Å². The number of thioether (sulfide) groups is 1. The van der Waals surface area contributed by atoms with Crippen LogP contribution in [-0.2, 0) is 9.53 Å². The number of hydrogen-bond donors (Lipinski definition) is 0. The number of aromatic nitrogens is 3. The number of carbonyl (C=O) groups is 1. The van der Waals surface area contributed by atoms with E-state index in [1.807, 2.05) is 32.9 Å². The Balaban J connectivity index is 2.21. The van der Waals surface area contributed by atoms with Gasteiger partial charge in [0.1, 0.15) is 10.3 Å². The summed E-state index contributed by atoms with van der Waals surface area (Å²) in [6.07, 6.45) is 1.77. The van der Waals surface area contributed by atoms with Gasteiger partial charge in [-0.2, -0.15) is 0 Å². The topological polar surface area (TPSA) is 57.0 Å². The van der Waals surface area contributed by atoms with Crippen LogP contribution in [0.3, 0.4) is 0 Å². The summed E-state index contributed by atoms with van der Waals surface area (Å²) in [6, 6.07) is 8.13. The second kappa shape index (κ2) is 7.35. The van der Waals surface area contributed by atoms with Gasteiger partial charge in [-0.3, -0.25) is 9.36 Å². The summed E-state index contributed by atoms with van der Waals surface area (Å²) in [5.41, 5.74) is 6.16. The van der Waals surface area contributed by atoms with Crippen LogP contribution < -0.4 is 0 Å². The van der Waals surface area contributed by atoms with Gasteiger partial charge in [0.25, 0.3) is 0 Å². The molecule has 0 saturated carbocycles. The molecule has 0 aliphatic heterocycles. The predicted molar refractivity (Wildman–Crippen MR) is 110 cm³/mol. The molecular weight excluding hydrogens is 358 g/mol. The third-order valence-corrected chi connectivity index (χ3v) is 5.49. The molecule has 0 aliphatic rings. The van der Waals surface area contributed by atoms with Crippen LogP contribution in [0, 0.1) is 20.8 Å². The van der Waals surface area contributed by atoms with Gasteiger partial charge in [-0.05, 0) is 64.8 Å². The van der Waals surface area contributed by atoms with E-state index >= 15 is 0 Å². The van der Waals surface area contributed by atoms with Crippen LogP contribution in [0.4, 0.5) is 0 Å². The number of ether oxygens (including phenoxy) is 1. The molecule has 5 nitrogen and oxygen atoms in total. The number of imidazole rings is 1. The first-order chi connectivity index (χ1) is 12.7. The molecule has 0 fully saturated rings. The molecule has 3 rings (SSSR count). The molecule has 0 atom stereocenters. The summed E-state index contributed by atoms with van der Waals surface area (Å²) in [5, 5.41) is 0.733. The molecule has 0 saturated heterocycles. The van der Waals surface area contributed by atoms with Crippen LogP contribution in [0.15, 0.2) is 35.6 Å². The number of pyridine rings is 1. The average molecular weight is 384 g/mol. The standard InChI is InChI=1S/C21H25N3O2S/c1-7-26-19(25)21(5,6)27-20-23-16-9-8-10-22-18(16)24(20)17-14(3)11-13(2)12-15(17)4/h8-12H,7H2,1-6H3. The van der Waals surface area contributed by atoms with Gasteiger partial charge in [0.15, 0.2) is 10.8 Å². The van der Waals surface area contributed by atoms with Gasteiger partial charge in [0.2, 0.25) is 0 Å². The fourth-order valence-electron chi connectivity index (χ4n) is 3.26. The molecule has 0 aliphatic carbocycles. The number of rotatable bonds is 5. The first-order valence-electron chi connectivity index (χ1n) is 9.02. The van der Waals surface area contributed by atoms with Gasteiger partial charge in [-0.25, -0.2) is 9.97 Å². The fourth-order valence-corrected chi connectivity index (χ4v) is 4.27. The Morgan fingerprint density at radius 3 is 2.52 bits per heavy atom. The van der Waals surface area contributed by atoms with Crippen molar-refractivity contribution in [3.8, 4) is 5.69 Å². The zero-order chi connectivity index (χ0) is 19.8. The van der Waals surface area contributed by atoms with Gasteiger partial charge in [-0.1, -0.05) is 29.5 Å². The number of benzene rings is 1. The van der Waals surface area contributed by atoms with Gasteiger partial charge in [0, 0.05) is 6.20 Å². The highest BCUT2D eigenvalue weighted by atomic mass is 32.2. The second-order valence-electron chi connectivity index (χ2n) is 7.16. The van der Waals surface area contributed by atoms with E-state index in [-0.39, 0.29) is 5.97 Å². The van der Waals surface area contributed by atoms with E-state index in [0.29, 0.717) is 6.61 Å². The van der Waals surface area contributed by atoms with Crippen LogP contribution in [0.25, 0.3) is 16.9 Å². The van der Waals surface area contributed by atoms with Crippen molar-refractivity contribution in [2.45, 2.75) is 51.4 Å². The molecule has 2 aromatic heterocycles. The third kappa shape index (κ3) is 3.72. The molecule has 0 radical (unpaired) electrons. The Kier molecular flexibility index (Phi) is 5.29. The smallest absolute Gasteiger partial charge is 0.322 e. The Labute approximate surface area is 164 Å². The number of carbonyl (C=O) groups excluding carboxylic acids is 1. The van der Waals surface area contributed by atoms with Gasteiger partial charge >= 0.3 is 5.97 Å². The molecule has 142 valence electrons. The first kappa shape index (κ1) is 19.4. The molecule has 0 unspecified atom stereocenters.